The molecule has 0 radical (unpaired) electrons. The highest BCUT2D eigenvalue weighted by Gasteiger charge is 2.34. The Labute approximate surface area is 191 Å². The molecule has 0 aromatic rings. The fourth-order valence-electron chi connectivity index (χ4n) is 4.47. The summed E-state index contributed by atoms with van der Waals surface area (Å²) in [6.45, 7) is 9.44. The molecule has 0 aromatic heterocycles. The molecule has 0 nitrogen and oxygen atoms in total. The largest absolute Gasteiger partial charge is 1.00 e. The minimum Gasteiger partial charge on any atom is -1.00 e. The molecule has 0 spiro atoms. The lowest BCUT2D eigenvalue weighted by Crippen LogP contribution is -3.00. The molecule has 0 bridgehead atoms. The molecule has 172 valence electrons. The van der Waals surface area contributed by atoms with Crippen molar-refractivity contribution in [2.45, 2.75) is 143 Å². The van der Waals surface area contributed by atoms with Gasteiger partial charge >= 0.3 is 0 Å². The van der Waals surface area contributed by atoms with Crippen molar-refractivity contribution < 1.29 is 17.0 Å². The quantitative estimate of drug-likeness (QED) is 0.115. The minimum absolute atomic E-state index is 0. The van der Waals surface area contributed by atoms with Crippen LogP contribution in [0.5, 0.6) is 0 Å². The lowest BCUT2D eigenvalue weighted by molar-refractivity contribution is -0.00000623. The summed E-state index contributed by atoms with van der Waals surface area (Å²) in [6.07, 6.45) is 33.0. The normalized spacial score (nSPS) is 11.6. The third-order valence-corrected chi connectivity index (χ3v) is 11.5. The number of halogens is 1. The van der Waals surface area contributed by atoms with E-state index >= 15 is 0 Å². The van der Waals surface area contributed by atoms with Gasteiger partial charge in [0.2, 0.25) is 0 Å². The number of unbranched alkanes of at least 4 members (excludes halogenated alkanes) is 14. The van der Waals surface area contributed by atoms with Crippen molar-refractivity contribution >= 4 is 7.26 Å². The van der Waals surface area contributed by atoms with Gasteiger partial charge in [-0.3, -0.25) is 0 Å². The zero-order valence-electron chi connectivity index (χ0n) is 20.4. The predicted molar refractivity (Wildman–Crippen MR) is 132 cm³/mol. The predicted octanol–water partition coefficient (Wildman–Crippen LogP) is 7.11. The molecular weight excluding hydrogens is 423 g/mol. The van der Waals surface area contributed by atoms with Crippen molar-refractivity contribution in [3.63, 3.8) is 0 Å². The summed E-state index contributed by atoms with van der Waals surface area (Å²) >= 11 is 0. The maximum absolute atomic E-state index is 2.40. The van der Waals surface area contributed by atoms with Crippen LogP contribution in [-0.2, 0) is 0 Å². The average molecular weight is 480 g/mol. The Bertz CT molecular complexity index is 252. The van der Waals surface area contributed by atoms with Crippen molar-refractivity contribution in [2.75, 3.05) is 24.6 Å². The first-order valence-electron chi connectivity index (χ1n) is 13.1. The summed E-state index contributed by atoms with van der Waals surface area (Å²) in [5, 5.41) is 0. The topological polar surface area (TPSA) is 0 Å². The summed E-state index contributed by atoms with van der Waals surface area (Å²) in [7, 11) is -0.652. The average Bonchev–Trinajstić information content (AvgIpc) is 2.69. The Kier molecular flexibility index (Phi) is 26.9. The van der Waals surface area contributed by atoms with E-state index in [4.69, 9.17) is 0 Å². The Morgan fingerprint density at radius 2 is 0.571 bits per heavy atom. The van der Waals surface area contributed by atoms with Crippen molar-refractivity contribution in [1.29, 1.82) is 0 Å². The second kappa shape index (κ2) is 24.2. The Morgan fingerprint density at radius 1 is 0.321 bits per heavy atom. The van der Waals surface area contributed by atoms with E-state index in [2.05, 4.69) is 27.7 Å². The molecule has 0 N–H and O–H groups in total. The van der Waals surface area contributed by atoms with Crippen molar-refractivity contribution in [3.05, 3.63) is 0 Å². The van der Waals surface area contributed by atoms with E-state index in [1.165, 1.54) is 103 Å². The van der Waals surface area contributed by atoms with Gasteiger partial charge in [0.1, 0.15) is 0 Å². The van der Waals surface area contributed by atoms with Gasteiger partial charge in [-0.15, -0.1) is 0 Å². The van der Waals surface area contributed by atoms with E-state index in [9.17, 15) is 0 Å². The zero-order chi connectivity index (χ0) is 20.1. The lowest BCUT2D eigenvalue weighted by Gasteiger charge is -2.28. The lowest BCUT2D eigenvalue weighted by atomic mass is 10.1. The Balaban J connectivity index is 0. The van der Waals surface area contributed by atoms with E-state index in [1.54, 1.807) is 37.5 Å². The summed E-state index contributed by atoms with van der Waals surface area (Å²) in [5.74, 6) is 0. The highest BCUT2D eigenvalue weighted by atomic mass is 79.9. The van der Waals surface area contributed by atoms with Gasteiger partial charge < -0.3 is 17.0 Å². The molecule has 0 rings (SSSR count). The van der Waals surface area contributed by atoms with Gasteiger partial charge in [-0.25, -0.2) is 0 Å². The van der Waals surface area contributed by atoms with E-state index in [0.29, 0.717) is 0 Å². The van der Waals surface area contributed by atoms with Gasteiger partial charge in [-0.1, -0.05) is 105 Å². The second-order valence-electron chi connectivity index (χ2n) is 9.19. The molecule has 0 fully saturated rings. The monoisotopic (exact) mass is 478 g/mol. The van der Waals surface area contributed by atoms with E-state index < -0.39 is 7.26 Å². The van der Waals surface area contributed by atoms with Gasteiger partial charge in [0.05, 0.1) is 24.6 Å². The molecule has 0 unspecified atom stereocenters. The molecule has 0 amide bonds. The number of hydrogen-bond donors (Lipinski definition) is 0. The summed E-state index contributed by atoms with van der Waals surface area (Å²) < 4.78 is 0. The summed E-state index contributed by atoms with van der Waals surface area (Å²) in [4.78, 5) is 0. The van der Waals surface area contributed by atoms with Crippen LogP contribution in [0.3, 0.4) is 0 Å². The summed E-state index contributed by atoms with van der Waals surface area (Å²) in [6, 6.07) is 0. The highest BCUT2D eigenvalue weighted by molar-refractivity contribution is 7.75. The Hall–Kier alpha value is 0.910. The molecule has 0 heterocycles. The molecule has 28 heavy (non-hydrogen) atoms. The minimum atomic E-state index is -0.652. The molecular formula is C26H56BrP. The molecule has 0 aliphatic rings. The van der Waals surface area contributed by atoms with Crippen LogP contribution in [0.25, 0.3) is 0 Å². The first-order chi connectivity index (χ1) is 13.2. The van der Waals surface area contributed by atoms with Gasteiger partial charge in [0.25, 0.3) is 0 Å². The van der Waals surface area contributed by atoms with Crippen LogP contribution in [0.15, 0.2) is 0 Å². The molecule has 0 saturated carbocycles. The van der Waals surface area contributed by atoms with Crippen LogP contribution in [0.1, 0.15) is 143 Å². The molecule has 0 atom stereocenters. The maximum Gasteiger partial charge on any atom is 0.0594 e. The van der Waals surface area contributed by atoms with Crippen molar-refractivity contribution in [1.82, 2.24) is 0 Å². The summed E-state index contributed by atoms with van der Waals surface area (Å²) in [5.41, 5.74) is 0. The standard InChI is InChI=1S/C26H56P.BrH/c1-5-9-13-15-17-19-21-25-27(23-11-7-3,24-12-8-4)26-22-20-18-16-14-10-6-2;/h5-26H2,1-4H3;1H/q+1;/p-1. The smallest absolute Gasteiger partial charge is 0.0594 e. The fourth-order valence-corrected chi connectivity index (χ4v) is 9.57. The van der Waals surface area contributed by atoms with Gasteiger partial charge in [-0.2, -0.15) is 0 Å². The first kappa shape index (κ1) is 31.1. The van der Waals surface area contributed by atoms with Gasteiger partial charge in [0, 0.05) is 7.26 Å². The molecule has 2 heteroatoms. The zero-order valence-corrected chi connectivity index (χ0v) is 22.9. The highest BCUT2D eigenvalue weighted by Crippen LogP contribution is 2.61. The van der Waals surface area contributed by atoms with Crippen LogP contribution in [0.2, 0.25) is 0 Å². The molecule has 0 aromatic carbocycles. The molecule has 0 aliphatic heterocycles. The fraction of sp³-hybridized carbons (Fsp3) is 1.00. The van der Waals surface area contributed by atoms with Gasteiger partial charge in [0.15, 0.2) is 0 Å². The molecule has 0 aliphatic carbocycles. The molecule has 0 saturated heterocycles. The van der Waals surface area contributed by atoms with Crippen LogP contribution >= 0.6 is 7.26 Å². The van der Waals surface area contributed by atoms with E-state index in [1.807, 2.05) is 0 Å². The maximum atomic E-state index is 2.40. The number of hydrogen-bond acceptors (Lipinski definition) is 0. The van der Waals surface area contributed by atoms with Crippen molar-refractivity contribution in [2.24, 2.45) is 0 Å². The van der Waals surface area contributed by atoms with Crippen LogP contribution < -0.4 is 17.0 Å². The van der Waals surface area contributed by atoms with Crippen LogP contribution in [-0.4, -0.2) is 24.6 Å². The second-order valence-corrected chi connectivity index (χ2v) is 13.7. The van der Waals surface area contributed by atoms with Gasteiger partial charge in [-0.05, 0) is 38.5 Å². The van der Waals surface area contributed by atoms with Crippen molar-refractivity contribution in [3.8, 4) is 0 Å². The van der Waals surface area contributed by atoms with Crippen LogP contribution in [0.4, 0.5) is 0 Å². The third kappa shape index (κ3) is 18.9. The first-order valence-corrected chi connectivity index (χ1v) is 15.6. The number of rotatable bonds is 22. The van der Waals surface area contributed by atoms with E-state index in [-0.39, 0.29) is 17.0 Å². The van der Waals surface area contributed by atoms with E-state index in [0.717, 1.165) is 0 Å². The Morgan fingerprint density at radius 3 is 0.893 bits per heavy atom. The SMILES string of the molecule is CCCCCCCCC[P+](CCCC)(CCCC)CCCCCCCCC.[Br-]. The van der Waals surface area contributed by atoms with Crippen LogP contribution in [0, 0.1) is 0 Å². The third-order valence-electron chi connectivity index (χ3n) is 6.44.